The van der Waals surface area contributed by atoms with Crippen LogP contribution in [0.1, 0.15) is 0 Å². The standard InChI is InChI=1S/C6HCl5O.C2H4.2H3N/c7-1-2(8)4(10)6(12)5(11)3(1)9;1-2;;/h12H;1-2H2;2*1H3. The Balaban J connectivity index is -0.000000399. The summed E-state index contributed by atoms with van der Waals surface area (Å²) in [6, 6.07) is 0. The van der Waals surface area contributed by atoms with Crippen LogP contribution in [-0.2, 0) is 0 Å². The molecule has 94 valence electrons. The van der Waals surface area contributed by atoms with Gasteiger partial charge >= 0.3 is 0 Å². The van der Waals surface area contributed by atoms with Crippen LogP contribution in [0.25, 0.3) is 0 Å². The fourth-order valence-corrected chi connectivity index (χ4v) is 1.72. The average Bonchev–Trinajstić information content (AvgIpc) is 2.24. The summed E-state index contributed by atoms with van der Waals surface area (Å²) < 4.78 is 0. The molecule has 0 atom stereocenters. The third-order valence-corrected chi connectivity index (χ3v) is 3.44. The molecule has 0 saturated carbocycles. The van der Waals surface area contributed by atoms with Crippen molar-refractivity contribution in [1.29, 1.82) is 0 Å². The van der Waals surface area contributed by atoms with Gasteiger partial charge in [-0.05, 0) is 0 Å². The predicted molar refractivity (Wildman–Crippen MR) is 74.5 cm³/mol. The van der Waals surface area contributed by atoms with Gasteiger partial charge in [-0.3, -0.25) is 0 Å². The van der Waals surface area contributed by atoms with E-state index in [0.717, 1.165) is 0 Å². The summed E-state index contributed by atoms with van der Waals surface area (Å²) in [7, 11) is 0. The minimum absolute atomic E-state index is 0. The highest BCUT2D eigenvalue weighted by molar-refractivity contribution is 6.55. The molecule has 3 nitrogen and oxygen atoms in total. The van der Waals surface area contributed by atoms with Crippen molar-refractivity contribution in [2.75, 3.05) is 0 Å². The summed E-state index contributed by atoms with van der Waals surface area (Å²) in [5.74, 6) is -0.363. The second kappa shape index (κ2) is 9.19. The SMILES string of the molecule is C=C.N.N.Oc1c(Cl)c(Cl)c(Cl)c(Cl)c1Cl. The lowest BCUT2D eigenvalue weighted by molar-refractivity contribution is 0.476. The van der Waals surface area contributed by atoms with E-state index in [4.69, 9.17) is 58.0 Å². The number of phenolic OH excluding ortho intramolecular Hbond substituents is 1. The van der Waals surface area contributed by atoms with Gasteiger partial charge in [0, 0.05) is 0 Å². The molecule has 16 heavy (non-hydrogen) atoms. The maximum Gasteiger partial charge on any atom is 0.155 e. The molecule has 0 bridgehead atoms. The molecule has 0 spiro atoms. The Morgan fingerprint density at radius 1 is 0.625 bits per heavy atom. The first-order chi connectivity index (χ1) is 6.46. The molecule has 1 aromatic rings. The molecule has 8 heteroatoms. The lowest BCUT2D eigenvalue weighted by Crippen LogP contribution is -1.78. The second-order valence-electron chi connectivity index (χ2n) is 1.92. The molecular weight excluding hydrogens is 317 g/mol. The first-order valence-electron chi connectivity index (χ1n) is 3.17. The first kappa shape index (κ1) is 21.4. The molecule has 0 amide bonds. The van der Waals surface area contributed by atoms with E-state index in [0.29, 0.717) is 0 Å². The van der Waals surface area contributed by atoms with Gasteiger partial charge in [0.25, 0.3) is 0 Å². The van der Waals surface area contributed by atoms with E-state index >= 15 is 0 Å². The molecule has 0 unspecified atom stereocenters. The molecule has 1 rings (SSSR count). The van der Waals surface area contributed by atoms with Crippen LogP contribution < -0.4 is 12.3 Å². The van der Waals surface area contributed by atoms with E-state index in [1.54, 1.807) is 0 Å². The number of phenols is 1. The minimum Gasteiger partial charge on any atom is -0.505 e. The molecule has 0 aliphatic rings. The topological polar surface area (TPSA) is 90.2 Å². The zero-order chi connectivity index (χ0) is 11.5. The smallest absolute Gasteiger partial charge is 0.155 e. The van der Waals surface area contributed by atoms with Crippen molar-refractivity contribution in [3.8, 4) is 5.75 Å². The van der Waals surface area contributed by atoms with Gasteiger partial charge in [-0.15, -0.1) is 13.2 Å². The fourth-order valence-electron chi connectivity index (χ4n) is 0.593. The van der Waals surface area contributed by atoms with Gasteiger partial charge in [0.05, 0.1) is 15.1 Å². The zero-order valence-corrected chi connectivity index (χ0v) is 11.9. The largest absolute Gasteiger partial charge is 0.505 e. The predicted octanol–water partition coefficient (Wildman–Crippen LogP) is 5.79. The third-order valence-electron chi connectivity index (χ3n) is 1.19. The number of aromatic hydroxyl groups is 1. The minimum atomic E-state index is -0.363. The molecular formula is C8H11Cl5N2O. The maximum atomic E-state index is 9.20. The summed E-state index contributed by atoms with van der Waals surface area (Å²) in [4.78, 5) is 0. The molecule has 0 aliphatic carbocycles. The van der Waals surface area contributed by atoms with E-state index in [9.17, 15) is 5.11 Å². The molecule has 7 N–H and O–H groups in total. The average molecular weight is 328 g/mol. The highest BCUT2D eigenvalue weighted by Crippen LogP contribution is 2.47. The van der Waals surface area contributed by atoms with Gasteiger partial charge in [0.1, 0.15) is 10.0 Å². The van der Waals surface area contributed by atoms with Crippen molar-refractivity contribution in [2.45, 2.75) is 0 Å². The second-order valence-corrected chi connectivity index (χ2v) is 3.81. The zero-order valence-electron chi connectivity index (χ0n) is 8.17. The maximum absolute atomic E-state index is 9.20. The Morgan fingerprint density at radius 3 is 1.06 bits per heavy atom. The lowest BCUT2D eigenvalue weighted by Gasteiger charge is -2.06. The highest BCUT2D eigenvalue weighted by Gasteiger charge is 2.17. The summed E-state index contributed by atoms with van der Waals surface area (Å²) in [6.07, 6.45) is 0. The lowest BCUT2D eigenvalue weighted by atomic mass is 10.3. The van der Waals surface area contributed by atoms with Crippen molar-refractivity contribution >= 4 is 58.0 Å². The Labute approximate surface area is 119 Å². The number of halogens is 5. The van der Waals surface area contributed by atoms with Gasteiger partial charge in [-0.1, -0.05) is 58.0 Å². The van der Waals surface area contributed by atoms with Crippen molar-refractivity contribution in [1.82, 2.24) is 12.3 Å². The Bertz CT molecular complexity index is 254. The summed E-state index contributed by atoms with van der Waals surface area (Å²) in [5, 5.41) is 9.01. The van der Waals surface area contributed by atoms with Gasteiger partial charge < -0.3 is 17.4 Å². The summed E-state index contributed by atoms with van der Waals surface area (Å²) in [6.45, 7) is 6.00. The molecule has 0 saturated heterocycles. The Hall–Kier alpha value is 0.130. The fraction of sp³-hybridized carbons (Fsp3) is 0. The number of benzene rings is 1. The van der Waals surface area contributed by atoms with E-state index in [2.05, 4.69) is 13.2 Å². The van der Waals surface area contributed by atoms with Crippen LogP contribution in [-0.4, -0.2) is 5.11 Å². The van der Waals surface area contributed by atoms with Crippen LogP contribution in [0, 0.1) is 0 Å². The third kappa shape index (κ3) is 4.18. The van der Waals surface area contributed by atoms with Crippen LogP contribution in [0.2, 0.25) is 25.1 Å². The van der Waals surface area contributed by atoms with Crippen molar-refractivity contribution in [2.24, 2.45) is 0 Å². The quantitative estimate of drug-likeness (QED) is 0.320. The number of rotatable bonds is 0. The molecule has 0 fully saturated rings. The van der Waals surface area contributed by atoms with Crippen LogP contribution >= 0.6 is 58.0 Å². The molecule has 0 aromatic heterocycles. The van der Waals surface area contributed by atoms with E-state index in [-0.39, 0.29) is 43.2 Å². The van der Waals surface area contributed by atoms with Crippen LogP contribution in [0.4, 0.5) is 0 Å². The summed E-state index contributed by atoms with van der Waals surface area (Å²) in [5.41, 5.74) is 0. The number of hydrogen-bond acceptors (Lipinski definition) is 3. The van der Waals surface area contributed by atoms with E-state index in [1.165, 1.54) is 0 Å². The Morgan fingerprint density at radius 2 is 0.812 bits per heavy atom. The highest BCUT2D eigenvalue weighted by atomic mass is 35.5. The molecule has 0 aliphatic heterocycles. The van der Waals surface area contributed by atoms with Crippen molar-refractivity contribution in [3.05, 3.63) is 38.3 Å². The van der Waals surface area contributed by atoms with Gasteiger partial charge in [0.2, 0.25) is 0 Å². The van der Waals surface area contributed by atoms with Crippen LogP contribution in [0.15, 0.2) is 13.2 Å². The van der Waals surface area contributed by atoms with Crippen molar-refractivity contribution < 1.29 is 5.11 Å². The van der Waals surface area contributed by atoms with Crippen molar-refractivity contribution in [3.63, 3.8) is 0 Å². The molecule has 0 radical (unpaired) electrons. The van der Waals surface area contributed by atoms with E-state index in [1.807, 2.05) is 0 Å². The van der Waals surface area contributed by atoms with Gasteiger partial charge in [0.15, 0.2) is 5.75 Å². The van der Waals surface area contributed by atoms with Gasteiger partial charge in [-0.25, -0.2) is 0 Å². The number of hydrogen-bond donors (Lipinski definition) is 3. The van der Waals surface area contributed by atoms with E-state index < -0.39 is 0 Å². The van der Waals surface area contributed by atoms with Gasteiger partial charge in [-0.2, -0.15) is 0 Å². The summed E-state index contributed by atoms with van der Waals surface area (Å²) >= 11 is 27.9. The monoisotopic (exact) mass is 326 g/mol. The first-order valence-corrected chi connectivity index (χ1v) is 5.06. The van der Waals surface area contributed by atoms with Crippen LogP contribution in [0.3, 0.4) is 0 Å². The molecule has 1 aromatic carbocycles. The Kier molecular flexibility index (Phi) is 12.3. The van der Waals surface area contributed by atoms with Crippen LogP contribution in [0.5, 0.6) is 5.75 Å². The molecule has 0 heterocycles. The normalized spacial score (nSPS) is 8.06.